The molecule has 6 nitrogen and oxygen atoms in total. The lowest BCUT2D eigenvalue weighted by molar-refractivity contribution is 0.420. The lowest BCUT2D eigenvalue weighted by atomic mass is 10.00. The molecule has 0 radical (unpaired) electrons. The predicted molar refractivity (Wildman–Crippen MR) is 52.8 cm³/mol. The van der Waals surface area contributed by atoms with Gasteiger partial charge in [0.15, 0.2) is 0 Å². The Bertz CT molecular complexity index is 309. The van der Waals surface area contributed by atoms with Crippen LogP contribution >= 0.6 is 0 Å². The lowest BCUT2D eigenvalue weighted by Gasteiger charge is -2.36. The van der Waals surface area contributed by atoms with Gasteiger partial charge >= 0.3 is 0 Å². The molecule has 6 heteroatoms. The Morgan fingerprint density at radius 2 is 2.29 bits per heavy atom. The van der Waals surface area contributed by atoms with Crippen molar-refractivity contribution in [1.29, 1.82) is 0 Å². The van der Waals surface area contributed by atoms with Crippen molar-refractivity contribution in [3.05, 3.63) is 0 Å². The van der Waals surface area contributed by atoms with Crippen molar-refractivity contribution in [2.24, 2.45) is 12.8 Å². The van der Waals surface area contributed by atoms with Crippen LogP contribution in [0.1, 0.15) is 19.8 Å². The first-order valence-electron chi connectivity index (χ1n) is 4.93. The number of anilines is 1. The zero-order valence-electron chi connectivity index (χ0n) is 8.59. The normalized spacial score (nSPS) is 28.1. The molecule has 0 bridgehead atoms. The highest BCUT2D eigenvalue weighted by Gasteiger charge is 2.26. The van der Waals surface area contributed by atoms with Gasteiger partial charge in [-0.05, 0) is 30.2 Å². The molecule has 1 fully saturated rings. The van der Waals surface area contributed by atoms with Gasteiger partial charge in [0.2, 0.25) is 5.95 Å². The Balaban J connectivity index is 2.15. The van der Waals surface area contributed by atoms with Crippen molar-refractivity contribution >= 4 is 5.95 Å². The molecule has 0 amide bonds. The van der Waals surface area contributed by atoms with Crippen LogP contribution in [-0.2, 0) is 7.05 Å². The fourth-order valence-electron chi connectivity index (χ4n) is 1.97. The molecule has 2 N–H and O–H groups in total. The van der Waals surface area contributed by atoms with Crippen LogP contribution in [0.3, 0.4) is 0 Å². The topological polar surface area (TPSA) is 72.9 Å². The molecule has 14 heavy (non-hydrogen) atoms. The van der Waals surface area contributed by atoms with Gasteiger partial charge in [-0.15, -0.1) is 0 Å². The number of rotatable bonds is 1. The molecule has 0 saturated carbocycles. The van der Waals surface area contributed by atoms with Crippen molar-refractivity contribution in [3.8, 4) is 0 Å². The SMILES string of the molecule is CC1CC(N)CCN1c1nnnn1C. The quantitative estimate of drug-likeness (QED) is 0.657. The van der Waals surface area contributed by atoms with Gasteiger partial charge in [-0.2, -0.15) is 0 Å². The maximum atomic E-state index is 5.89. The van der Waals surface area contributed by atoms with Crippen LogP contribution in [0.2, 0.25) is 0 Å². The largest absolute Gasteiger partial charge is 0.337 e. The van der Waals surface area contributed by atoms with Gasteiger partial charge in [0, 0.05) is 25.7 Å². The summed E-state index contributed by atoms with van der Waals surface area (Å²) in [7, 11) is 1.86. The standard InChI is InChI=1S/C8H16N6/c1-6-5-7(9)3-4-14(6)8-10-11-12-13(8)2/h6-7H,3-5,9H2,1-2H3. The predicted octanol–water partition coefficient (Wildman–Crippen LogP) is -0.474. The highest BCUT2D eigenvalue weighted by atomic mass is 15.6. The van der Waals surface area contributed by atoms with Crippen LogP contribution in [0, 0.1) is 0 Å². The third-order valence-corrected chi connectivity index (χ3v) is 2.77. The van der Waals surface area contributed by atoms with Crippen molar-refractivity contribution < 1.29 is 0 Å². The summed E-state index contributed by atoms with van der Waals surface area (Å²) in [6.07, 6.45) is 2.02. The maximum absolute atomic E-state index is 5.89. The molecule has 0 spiro atoms. The highest BCUT2D eigenvalue weighted by Crippen LogP contribution is 2.20. The second-order valence-corrected chi connectivity index (χ2v) is 3.93. The van der Waals surface area contributed by atoms with E-state index >= 15 is 0 Å². The van der Waals surface area contributed by atoms with E-state index in [9.17, 15) is 0 Å². The number of hydrogen-bond donors (Lipinski definition) is 1. The molecule has 2 heterocycles. The summed E-state index contributed by atoms with van der Waals surface area (Å²) in [5.74, 6) is 0.837. The van der Waals surface area contributed by atoms with Gasteiger partial charge in [-0.25, -0.2) is 4.68 Å². The molecule has 2 unspecified atom stereocenters. The monoisotopic (exact) mass is 196 g/mol. The summed E-state index contributed by atoms with van der Waals surface area (Å²) in [6.45, 7) is 3.10. The second-order valence-electron chi connectivity index (χ2n) is 3.93. The minimum absolute atomic E-state index is 0.322. The Morgan fingerprint density at radius 1 is 1.50 bits per heavy atom. The van der Waals surface area contributed by atoms with E-state index in [0.29, 0.717) is 12.1 Å². The Kier molecular flexibility index (Phi) is 2.37. The molecule has 1 aromatic rings. The minimum atomic E-state index is 0.322. The van der Waals surface area contributed by atoms with Gasteiger partial charge in [0.1, 0.15) is 0 Å². The third-order valence-electron chi connectivity index (χ3n) is 2.77. The van der Waals surface area contributed by atoms with Gasteiger partial charge in [-0.1, -0.05) is 5.10 Å². The minimum Gasteiger partial charge on any atom is -0.337 e. The first-order valence-corrected chi connectivity index (χ1v) is 4.93. The van der Waals surface area contributed by atoms with Gasteiger partial charge in [-0.3, -0.25) is 0 Å². The molecular weight excluding hydrogens is 180 g/mol. The van der Waals surface area contributed by atoms with Crippen molar-refractivity contribution in [2.45, 2.75) is 31.8 Å². The summed E-state index contributed by atoms with van der Waals surface area (Å²) in [5.41, 5.74) is 5.89. The average Bonchev–Trinajstić information content (AvgIpc) is 2.52. The number of tetrazole rings is 1. The van der Waals surface area contributed by atoms with Crippen LogP contribution < -0.4 is 10.6 Å². The summed E-state index contributed by atoms with van der Waals surface area (Å²) in [6, 6.07) is 0.742. The first-order chi connectivity index (χ1) is 6.68. The van der Waals surface area contributed by atoms with Crippen LogP contribution in [0.25, 0.3) is 0 Å². The highest BCUT2D eigenvalue weighted by molar-refractivity contribution is 5.30. The van der Waals surface area contributed by atoms with Crippen molar-refractivity contribution in [3.63, 3.8) is 0 Å². The van der Waals surface area contributed by atoms with Gasteiger partial charge in [0.25, 0.3) is 0 Å². The Morgan fingerprint density at radius 3 is 2.86 bits per heavy atom. The smallest absolute Gasteiger partial charge is 0.245 e. The fourth-order valence-corrected chi connectivity index (χ4v) is 1.97. The van der Waals surface area contributed by atoms with E-state index in [1.54, 1.807) is 4.68 Å². The van der Waals surface area contributed by atoms with Crippen molar-refractivity contribution in [2.75, 3.05) is 11.4 Å². The molecule has 1 aliphatic rings. The third kappa shape index (κ3) is 1.57. The zero-order chi connectivity index (χ0) is 10.1. The molecule has 2 atom stereocenters. The van der Waals surface area contributed by atoms with E-state index in [-0.39, 0.29) is 0 Å². The molecule has 0 aliphatic carbocycles. The van der Waals surface area contributed by atoms with E-state index in [2.05, 4.69) is 27.3 Å². The second kappa shape index (κ2) is 3.53. The lowest BCUT2D eigenvalue weighted by Crippen LogP contribution is -2.46. The van der Waals surface area contributed by atoms with E-state index in [1.807, 2.05) is 7.05 Å². The van der Waals surface area contributed by atoms with E-state index < -0.39 is 0 Å². The van der Waals surface area contributed by atoms with Crippen LogP contribution in [-0.4, -0.2) is 38.8 Å². The van der Waals surface area contributed by atoms with E-state index in [4.69, 9.17) is 5.73 Å². The number of hydrogen-bond acceptors (Lipinski definition) is 5. The molecule has 0 aromatic carbocycles. The number of piperidine rings is 1. The average molecular weight is 196 g/mol. The molecule has 1 aromatic heterocycles. The Hall–Kier alpha value is -1.17. The number of aryl methyl sites for hydroxylation is 1. The number of nitrogens with zero attached hydrogens (tertiary/aromatic N) is 5. The van der Waals surface area contributed by atoms with E-state index in [1.165, 1.54) is 0 Å². The zero-order valence-corrected chi connectivity index (χ0v) is 8.59. The van der Waals surface area contributed by atoms with Gasteiger partial charge in [0.05, 0.1) is 0 Å². The summed E-state index contributed by atoms with van der Waals surface area (Å²) < 4.78 is 1.70. The Labute approximate surface area is 83.1 Å². The number of aromatic nitrogens is 4. The van der Waals surface area contributed by atoms with Crippen LogP contribution in [0.15, 0.2) is 0 Å². The molecule has 1 aliphatic heterocycles. The summed E-state index contributed by atoms with van der Waals surface area (Å²) in [5, 5.41) is 11.5. The fraction of sp³-hybridized carbons (Fsp3) is 0.875. The molecular formula is C8H16N6. The van der Waals surface area contributed by atoms with E-state index in [0.717, 1.165) is 25.3 Å². The van der Waals surface area contributed by atoms with Gasteiger partial charge < -0.3 is 10.6 Å². The van der Waals surface area contributed by atoms with Crippen molar-refractivity contribution in [1.82, 2.24) is 20.2 Å². The molecule has 1 saturated heterocycles. The van der Waals surface area contributed by atoms with Crippen LogP contribution in [0.4, 0.5) is 5.95 Å². The van der Waals surface area contributed by atoms with Crippen LogP contribution in [0.5, 0.6) is 0 Å². The molecule has 78 valence electrons. The molecule has 2 rings (SSSR count). The number of nitrogens with two attached hydrogens (primary N) is 1. The maximum Gasteiger partial charge on any atom is 0.245 e. The first kappa shape index (κ1) is 9.39. The summed E-state index contributed by atoms with van der Waals surface area (Å²) in [4.78, 5) is 2.21. The summed E-state index contributed by atoms with van der Waals surface area (Å²) >= 11 is 0.